The molecule has 0 fully saturated rings. The Morgan fingerprint density at radius 1 is 1.71 bits per heavy atom. The number of hydrogen-bond donors (Lipinski definition) is 1. The molecule has 0 radical (unpaired) electrons. The highest BCUT2D eigenvalue weighted by molar-refractivity contribution is 5.79. The third-order valence-electron chi connectivity index (χ3n) is 1.63. The van der Waals surface area contributed by atoms with Crippen molar-refractivity contribution in [1.29, 1.82) is 0 Å². The van der Waals surface area contributed by atoms with Crippen LogP contribution in [0.2, 0.25) is 0 Å². The van der Waals surface area contributed by atoms with E-state index in [1.165, 1.54) is 6.20 Å². The van der Waals surface area contributed by atoms with Crippen LogP contribution in [0.5, 0.6) is 0 Å². The fourth-order valence-corrected chi connectivity index (χ4v) is 1.02. The normalized spacial score (nSPS) is 10.4. The molecule has 14 heavy (non-hydrogen) atoms. The van der Waals surface area contributed by atoms with Crippen LogP contribution in [0.3, 0.4) is 0 Å². The first-order valence-corrected chi connectivity index (χ1v) is 4.19. The zero-order chi connectivity index (χ0) is 10.4. The predicted octanol–water partition coefficient (Wildman–Crippen LogP) is 1.11. The number of nitrogens with zero attached hydrogens (tertiary/aromatic N) is 2. The highest BCUT2D eigenvalue weighted by atomic mass is 16.4. The van der Waals surface area contributed by atoms with Gasteiger partial charge in [-0.1, -0.05) is 6.07 Å². The Hall–Kier alpha value is -1.84. The molecule has 0 bridgehead atoms. The Kier molecular flexibility index (Phi) is 3.67. The van der Waals surface area contributed by atoms with Gasteiger partial charge in [0.25, 0.3) is 0 Å². The maximum absolute atomic E-state index is 10.2. The highest BCUT2D eigenvalue weighted by Crippen LogP contribution is 2.00. The third-order valence-corrected chi connectivity index (χ3v) is 1.63. The first kappa shape index (κ1) is 10.2. The molecule has 1 heterocycles. The standard InChI is InChI=1S/C10H12N2O2/c1-12(6-4-10(13)14)8-9-3-2-5-11-7-9/h2-7H,8H2,1H3,(H,13,14). The molecule has 0 spiro atoms. The van der Waals surface area contributed by atoms with Crippen molar-refractivity contribution >= 4 is 5.97 Å². The van der Waals surface area contributed by atoms with Crippen LogP contribution in [-0.2, 0) is 11.3 Å². The van der Waals surface area contributed by atoms with Gasteiger partial charge >= 0.3 is 5.97 Å². The van der Waals surface area contributed by atoms with Crippen molar-refractivity contribution in [1.82, 2.24) is 9.88 Å². The van der Waals surface area contributed by atoms with Crippen molar-refractivity contribution in [2.45, 2.75) is 6.54 Å². The lowest BCUT2D eigenvalue weighted by Crippen LogP contribution is -2.10. The fourth-order valence-electron chi connectivity index (χ4n) is 1.02. The number of aliphatic carboxylic acids is 1. The van der Waals surface area contributed by atoms with Crippen LogP contribution in [0.4, 0.5) is 0 Å². The average molecular weight is 192 g/mol. The lowest BCUT2D eigenvalue weighted by Gasteiger charge is -2.12. The second-order valence-electron chi connectivity index (χ2n) is 2.93. The lowest BCUT2D eigenvalue weighted by molar-refractivity contribution is -0.131. The third kappa shape index (κ3) is 3.71. The van der Waals surface area contributed by atoms with Gasteiger partial charge in [0.1, 0.15) is 0 Å². The van der Waals surface area contributed by atoms with Gasteiger partial charge in [0, 0.05) is 38.3 Å². The molecule has 0 saturated carbocycles. The van der Waals surface area contributed by atoms with E-state index in [-0.39, 0.29) is 0 Å². The van der Waals surface area contributed by atoms with Gasteiger partial charge in [0.2, 0.25) is 0 Å². The Labute approximate surface area is 82.5 Å². The van der Waals surface area contributed by atoms with Gasteiger partial charge in [-0.3, -0.25) is 4.98 Å². The van der Waals surface area contributed by atoms with Crippen molar-refractivity contribution in [2.24, 2.45) is 0 Å². The van der Waals surface area contributed by atoms with Crippen molar-refractivity contribution in [2.75, 3.05) is 7.05 Å². The minimum Gasteiger partial charge on any atom is -0.478 e. The Bertz CT molecular complexity index is 322. The van der Waals surface area contributed by atoms with Gasteiger partial charge < -0.3 is 10.0 Å². The molecule has 1 aromatic heterocycles. The van der Waals surface area contributed by atoms with Crippen LogP contribution in [0.1, 0.15) is 5.56 Å². The molecule has 0 saturated heterocycles. The molecule has 4 nitrogen and oxygen atoms in total. The van der Waals surface area contributed by atoms with Crippen molar-refractivity contribution in [3.63, 3.8) is 0 Å². The predicted molar refractivity (Wildman–Crippen MR) is 52.5 cm³/mol. The fraction of sp³-hybridized carbons (Fsp3) is 0.200. The molecule has 0 amide bonds. The van der Waals surface area contributed by atoms with E-state index >= 15 is 0 Å². The van der Waals surface area contributed by atoms with Gasteiger partial charge in [-0.15, -0.1) is 0 Å². The van der Waals surface area contributed by atoms with Crippen molar-refractivity contribution in [3.05, 3.63) is 42.4 Å². The maximum atomic E-state index is 10.2. The maximum Gasteiger partial charge on any atom is 0.329 e. The first-order chi connectivity index (χ1) is 6.68. The largest absolute Gasteiger partial charge is 0.478 e. The van der Waals surface area contributed by atoms with Crippen molar-refractivity contribution in [3.8, 4) is 0 Å². The van der Waals surface area contributed by atoms with Gasteiger partial charge in [-0.2, -0.15) is 0 Å². The summed E-state index contributed by atoms with van der Waals surface area (Å²) in [5, 5.41) is 8.40. The molecular formula is C10H12N2O2. The van der Waals surface area contributed by atoms with E-state index in [1.807, 2.05) is 19.2 Å². The monoisotopic (exact) mass is 192 g/mol. The Balaban J connectivity index is 2.49. The van der Waals surface area contributed by atoms with Gasteiger partial charge in [0.15, 0.2) is 0 Å². The van der Waals surface area contributed by atoms with Crippen LogP contribution in [-0.4, -0.2) is 28.0 Å². The van der Waals surface area contributed by atoms with E-state index in [9.17, 15) is 4.79 Å². The Morgan fingerprint density at radius 2 is 2.50 bits per heavy atom. The number of aromatic nitrogens is 1. The number of carboxylic acid groups (broad SMARTS) is 1. The molecular weight excluding hydrogens is 180 g/mol. The molecule has 0 aliphatic heterocycles. The summed E-state index contributed by atoms with van der Waals surface area (Å²) in [5.41, 5.74) is 1.05. The Morgan fingerprint density at radius 3 is 3.07 bits per heavy atom. The zero-order valence-electron chi connectivity index (χ0n) is 7.92. The number of pyridine rings is 1. The van der Waals surface area contributed by atoms with E-state index in [4.69, 9.17) is 5.11 Å². The molecule has 0 atom stereocenters. The summed E-state index contributed by atoms with van der Waals surface area (Å²) in [5.74, 6) is -0.942. The van der Waals surface area contributed by atoms with Gasteiger partial charge in [0.05, 0.1) is 0 Å². The summed E-state index contributed by atoms with van der Waals surface area (Å²) >= 11 is 0. The number of carbonyl (C=O) groups is 1. The summed E-state index contributed by atoms with van der Waals surface area (Å²) in [6.45, 7) is 0.650. The summed E-state index contributed by atoms with van der Waals surface area (Å²) in [7, 11) is 1.81. The minimum absolute atomic E-state index is 0.650. The van der Waals surface area contributed by atoms with Crippen molar-refractivity contribution < 1.29 is 9.90 Å². The SMILES string of the molecule is CN(C=CC(=O)O)Cc1cccnc1. The second-order valence-corrected chi connectivity index (χ2v) is 2.93. The zero-order valence-corrected chi connectivity index (χ0v) is 7.92. The van der Waals surface area contributed by atoms with E-state index in [2.05, 4.69) is 4.98 Å². The second kappa shape index (κ2) is 5.01. The summed E-state index contributed by atoms with van der Waals surface area (Å²) in [6, 6.07) is 3.79. The number of hydrogen-bond acceptors (Lipinski definition) is 3. The van der Waals surface area contributed by atoms with E-state index in [0.717, 1.165) is 11.6 Å². The molecule has 0 aromatic carbocycles. The van der Waals surface area contributed by atoms with Crippen LogP contribution in [0.25, 0.3) is 0 Å². The molecule has 1 rings (SSSR count). The lowest BCUT2D eigenvalue weighted by atomic mass is 10.3. The summed E-state index contributed by atoms with van der Waals surface area (Å²) in [6.07, 6.45) is 6.09. The number of rotatable bonds is 4. The van der Waals surface area contributed by atoms with E-state index in [1.54, 1.807) is 17.3 Å². The molecule has 4 heteroatoms. The van der Waals surface area contributed by atoms with Gasteiger partial charge in [-0.05, 0) is 11.6 Å². The summed E-state index contributed by atoms with van der Waals surface area (Å²) < 4.78 is 0. The number of carboxylic acids is 1. The molecule has 0 aliphatic carbocycles. The molecule has 1 aromatic rings. The quantitative estimate of drug-likeness (QED) is 0.726. The first-order valence-electron chi connectivity index (χ1n) is 4.19. The molecule has 74 valence electrons. The molecule has 0 unspecified atom stereocenters. The van der Waals surface area contributed by atoms with Crippen LogP contribution in [0.15, 0.2) is 36.8 Å². The average Bonchev–Trinajstić information content (AvgIpc) is 2.16. The topological polar surface area (TPSA) is 53.4 Å². The molecule has 0 aliphatic rings. The van der Waals surface area contributed by atoms with Gasteiger partial charge in [-0.25, -0.2) is 4.79 Å². The van der Waals surface area contributed by atoms with Crippen LogP contribution >= 0.6 is 0 Å². The van der Waals surface area contributed by atoms with E-state index < -0.39 is 5.97 Å². The summed E-state index contributed by atoms with van der Waals surface area (Å²) in [4.78, 5) is 16.0. The highest BCUT2D eigenvalue weighted by Gasteiger charge is 1.95. The van der Waals surface area contributed by atoms with Crippen LogP contribution < -0.4 is 0 Å². The van der Waals surface area contributed by atoms with E-state index in [0.29, 0.717) is 6.54 Å². The minimum atomic E-state index is -0.942. The smallest absolute Gasteiger partial charge is 0.329 e. The van der Waals surface area contributed by atoms with Crippen LogP contribution in [0, 0.1) is 0 Å². The molecule has 1 N–H and O–H groups in total.